The molecule has 0 radical (unpaired) electrons. The van der Waals surface area contributed by atoms with Crippen molar-refractivity contribution in [2.24, 2.45) is 0 Å². The lowest BCUT2D eigenvalue weighted by atomic mass is 10.1. The van der Waals surface area contributed by atoms with Crippen LogP contribution >= 0.6 is 11.6 Å². The first-order valence-electron chi connectivity index (χ1n) is 12.1. The van der Waals surface area contributed by atoms with E-state index in [2.05, 4.69) is 30.8 Å². The zero-order chi connectivity index (χ0) is 24.9. The molecular formula is C25H28ClFN6O3. The van der Waals surface area contributed by atoms with Crippen LogP contribution in [0.4, 0.5) is 26.4 Å². The minimum absolute atomic E-state index is 0.000729. The van der Waals surface area contributed by atoms with Gasteiger partial charge in [0.2, 0.25) is 0 Å². The first-order chi connectivity index (χ1) is 17.5. The number of fused-ring (bicyclic) bond motifs is 1. The second kappa shape index (κ2) is 11.2. The molecule has 2 aliphatic rings. The number of ether oxygens (including phenoxy) is 2. The van der Waals surface area contributed by atoms with E-state index in [1.54, 1.807) is 18.2 Å². The topological polar surface area (TPSA) is 101 Å². The van der Waals surface area contributed by atoms with Crippen LogP contribution < -0.4 is 20.7 Å². The molecule has 36 heavy (non-hydrogen) atoms. The van der Waals surface area contributed by atoms with Crippen LogP contribution in [0.5, 0.6) is 5.75 Å². The maximum absolute atomic E-state index is 13.6. The molecule has 190 valence electrons. The summed E-state index contributed by atoms with van der Waals surface area (Å²) < 4.78 is 25.2. The Balaban J connectivity index is 1.39. The third-order valence-electron chi connectivity index (χ3n) is 6.26. The van der Waals surface area contributed by atoms with Crippen LogP contribution in [0.15, 0.2) is 36.7 Å². The molecule has 3 aromatic rings. The quantitative estimate of drug-likeness (QED) is 0.405. The van der Waals surface area contributed by atoms with Gasteiger partial charge in [-0.15, -0.1) is 0 Å². The molecule has 11 heteroatoms. The molecule has 2 fully saturated rings. The third-order valence-corrected chi connectivity index (χ3v) is 6.55. The zero-order valence-electron chi connectivity index (χ0n) is 19.7. The van der Waals surface area contributed by atoms with Gasteiger partial charge in [0.25, 0.3) is 0 Å². The van der Waals surface area contributed by atoms with E-state index in [9.17, 15) is 9.18 Å². The van der Waals surface area contributed by atoms with Crippen LogP contribution in [0.2, 0.25) is 5.02 Å². The number of aromatic nitrogens is 2. The summed E-state index contributed by atoms with van der Waals surface area (Å²) in [6, 6.07) is 7.56. The first-order valence-corrected chi connectivity index (χ1v) is 12.5. The predicted octanol–water partition coefficient (Wildman–Crippen LogP) is 4.55. The van der Waals surface area contributed by atoms with Gasteiger partial charge in [0, 0.05) is 36.7 Å². The van der Waals surface area contributed by atoms with Crippen molar-refractivity contribution in [3.63, 3.8) is 0 Å². The minimum Gasteiger partial charge on any atom is -0.486 e. The Morgan fingerprint density at radius 1 is 1.22 bits per heavy atom. The third kappa shape index (κ3) is 5.95. The highest BCUT2D eigenvalue weighted by Crippen LogP contribution is 2.35. The number of anilines is 3. The molecular weight excluding hydrogens is 487 g/mol. The van der Waals surface area contributed by atoms with Gasteiger partial charge in [0.15, 0.2) is 0 Å². The SMILES string of the molecule is O=C(NCCN1CCCC1)Nc1cc2c(Nc3ccc(F)c(Cl)c3)ncnc2cc1O[C@H]1CCOC1. The highest BCUT2D eigenvalue weighted by molar-refractivity contribution is 6.31. The summed E-state index contributed by atoms with van der Waals surface area (Å²) >= 11 is 5.93. The summed E-state index contributed by atoms with van der Waals surface area (Å²) in [4.78, 5) is 23.8. The van der Waals surface area contributed by atoms with Crippen LogP contribution in [-0.4, -0.2) is 66.4 Å². The van der Waals surface area contributed by atoms with Crippen molar-refractivity contribution in [2.45, 2.75) is 25.4 Å². The van der Waals surface area contributed by atoms with E-state index >= 15 is 0 Å². The number of nitrogens with one attached hydrogen (secondary N) is 3. The summed E-state index contributed by atoms with van der Waals surface area (Å²) in [6.07, 6.45) is 4.49. The van der Waals surface area contributed by atoms with E-state index in [0.29, 0.717) is 53.6 Å². The molecule has 2 aliphatic heterocycles. The molecule has 0 spiro atoms. The predicted molar refractivity (Wildman–Crippen MR) is 137 cm³/mol. The highest BCUT2D eigenvalue weighted by Gasteiger charge is 2.21. The molecule has 2 aromatic carbocycles. The van der Waals surface area contributed by atoms with Gasteiger partial charge >= 0.3 is 6.03 Å². The molecule has 0 saturated carbocycles. The molecule has 3 N–H and O–H groups in total. The van der Waals surface area contributed by atoms with Crippen LogP contribution in [0.3, 0.4) is 0 Å². The highest BCUT2D eigenvalue weighted by atomic mass is 35.5. The molecule has 9 nitrogen and oxygen atoms in total. The molecule has 2 saturated heterocycles. The number of nitrogens with zero attached hydrogens (tertiary/aromatic N) is 3. The van der Waals surface area contributed by atoms with Crippen molar-refractivity contribution in [1.82, 2.24) is 20.2 Å². The number of likely N-dealkylation sites (tertiary alicyclic amines) is 1. The Morgan fingerprint density at radius 2 is 2.08 bits per heavy atom. The Morgan fingerprint density at radius 3 is 2.86 bits per heavy atom. The summed E-state index contributed by atoms with van der Waals surface area (Å²) in [6.45, 7) is 4.63. The van der Waals surface area contributed by atoms with E-state index in [1.807, 2.05) is 0 Å². The zero-order valence-corrected chi connectivity index (χ0v) is 20.5. The van der Waals surface area contributed by atoms with Crippen molar-refractivity contribution in [3.8, 4) is 5.75 Å². The van der Waals surface area contributed by atoms with Gasteiger partial charge in [-0.3, -0.25) is 0 Å². The van der Waals surface area contributed by atoms with Crippen molar-refractivity contribution in [1.29, 1.82) is 0 Å². The fraction of sp³-hybridized carbons (Fsp3) is 0.400. The van der Waals surface area contributed by atoms with Crippen molar-refractivity contribution < 1.29 is 18.7 Å². The number of hydrogen-bond donors (Lipinski definition) is 3. The Labute approximate surface area is 213 Å². The Bertz CT molecular complexity index is 1230. The number of halogens is 2. The maximum Gasteiger partial charge on any atom is 0.319 e. The van der Waals surface area contributed by atoms with Crippen molar-refractivity contribution in [3.05, 3.63) is 47.5 Å². The number of rotatable bonds is 8. The maximum atomic E-state index is 13.6. The van der Waals surface area contributed by atoms with Gasteiger partial charge < -0.3 is 30.3 Å². The molecule has 1 atom stereocenters. The summed E-state index contributed by atoms with van der Waals surface area (Å²) in [5.74, 6) is 0.479. The number of hydrogen-bond acceptors (Lipinski definition) is 7. The normalized spacial score (nSPS) is 17.9. The average molecular weight is 515 g/mol. The summed E-state index contributed by atoms with van der Waals surface area (Å²) in [5.41, 5.74) is 1.68. The Kier molecular flexibility index (Phi) is 7.64. The van der Waals surface area contributed by atoms with E-state index in [-0.39, 0.29) is 17.2 Å². The first kappa shape index (κ1) is 24.5. The fourth-order valence-electron chi connectivity index (χ4n) is 4.37. The van der Waals surface area contributed by atoms with Crippen LogP contribution in [-0.2, 0) is 4.74 Å². The number of amides is 2. The monoisotopic (exact) mass is 514 g/mol. The lowest BCUT2D eigenvalue weighted by Gasteiger charge is -2.19. The molecule has 2 amide bonds. The van der Waals surface area contributed by atoms with Crippen molar-refractivity contribution >= 4 is 45.7 Å². The van der Waals surface area contributed by atoms with Gasteiger partial charge in [-0.05, 0) is 50.2 Å². The molecule has 5 rings (SSSR count). The van der Waals surface area contributed by atoms with Gasteiger partial charge in [-0.2, -0.15) is 0 Å². The fourth-order valence-corrected chi connectivity index (χ4v) is 4.56. The summed E-state index contributed by atoms with van der Waals surface area (Å²) in [7, 11) is 0. The molecule has 3 heterocycles. The standard InChI is InChI=1S/C25H28ClFN6O3/c26-19-11-16(3-4-20(19)27)31-24-18-12-22(32-25(34)28-6-9-33-7-1-2-8-33)23(13-21(18)29-15-30-24)36-17-5-10-35-14-17/h3-4,11-13,15,17H,1-2,5-10,14H2,(H2,28,32,34)(H,29,30,31)/t17-/m0/s1. The smallest absolute Gasteiger partial charge is 0.319 e. The van der Waals surface area contributed by atoms with E-state index in [1.165, 1.54) is 31.3 Å². The molecule has 0 bridgehead atoms. The lowest BCUT2D eigenvalue weighted by Crippen LogP contribution is -2.36. The molecule has 0 aliphatic carbocycles. The number of urea groups is 1. The largest absolute Gasteiger partial charge is 0.486 e. The van der Waals surface area contributed by atoms with E-state index < -0.39 is 5.82 Å². The average Bonchev–Trinajstić information content (AvgIpc) is 3.57. The van der Waals surface area contributed by atoms with Crippen LogP contribution in [0, 0.1) is 5.82 Å². The van der Waals surface area contributed by atoms with Crippen LogP contribution in [0.1, 0.15) is 19.3 Å². The van der Waals surface area contributed by atoms with E-state index in [0.717, 1.165) is 26.1 Å². The van der Waals surface area contributed by atoms with Gasteiger partial charge in [-0.1, -0.05) is 11.6 Å². The van der Waals surface area contributed by atoms with E-state index in [4.69, 9.17) is 21.1 Å². The van der Waals surface area contributed by atoms with Gasteiger partial charge in [-0.25, -0.2) is 19.2 Å². The Hall–Kier alpha value is -3.21. The van der Waals surface area contributed by atoms with Crippen LogP contribution in [0.25, 0.3) is 10.9 Å². The lowest BCUT2D eigenvalue weighted by molar-refractivity contribution is 0.142. The summed E-state index contributed by atoms with van der Waals surface area (Å²) in [5, 5.41) is 9.66. The molecule has 0 unspecified atom stereocenters. The molecule has 1 aromatic heterocycles. The van der Waals surface area contributed by atoms with Crippen molar-refractivity contribution in [2.75, 3.05) is 50.0 Å². The second-order valence-electron chi connectivity index (χ2n) is 8.87. The number of carbonyl (C=O) groups is 1. The number of benzene rings is 2. The van der Waals surface area contributed by atoms with Gasteiger partial charge in [0.1, 0.15) is 29.8 Å². The number of carbonyl (C=O) groups excluding carboxylic acids is 1. The minimum atomic E-state index is -0.505. The second-order valence-corrected chi connectivity index (χ2v) is 9.28. The van der Waals surface area contributed by atoms with Gasteiger partial charge in [0.05, 0.1) is 29.4 Å².